The highest BCUT2D eigenvalue weighted by Gasteiger charge is 2.19. The number of nitrogens with one attached hydrogen (secondary N) is 1. The van der Waals surface area contributed by atoms with Crippen LogP contribution in [0.2, 0.25) is 0 Å². The summed E-state index contributed by atoms with van der Waals surface area (Å²) in [5, 5.41) is 4.03. The lowest BCUT2D eigenvalue weighted by molar-refractivity contribution is 0.179. The highest BCUT2D eigenvalue weighted by atomic mass is 16.5. The van der Waals surface area contributed by atoms with Gasteiger partial charge in [-0.3, -0.25) is 4.90 Å². The lowest BCUT2D eigenvalue weighted by atomic mass is 10.3. The molecule has 5 N–H and O–H groups in total. The van der Waals surface area contributed by atoms with Crippen molar-refractivity contribution in [2.75, 3.05) is 46.4 Å². The Labute approximate surface area is 190 Å². The van der Waals surface area contributed by atoms with Crippen LogP contribution < -0.4 is 16.9 Å². The first-order valence-corrected chi connectivity index (χ1v) is 11.7. The van der Waals surface area contributed by atoms with Crippen LogP contribution in [0.4, 0.5) is 0 Å². The Kier molecular flexibility index (Phi) is 17.5. The van der Waals surface area contributed by atoms with Crippen molar-refractivity contribution in [1.82, 2.24) is 20.1 Å². The minimum Gasteiger partial charge on any atom is -0.465 e. The molecular formula is C22H48N8O. The largest absolute Gasteiger partial charge is 0.465 e. The second-order valence-corrected chi connectivity index (χ2v) is 7.53. The topological polar surface area (TPSA) is 108 Å². The van der Waals surface area contributed by atoms with E-state index in [4.69, 9.17) is 21.2 Å². The van der Waals surface area contributed by atoms with Crippen molar-refractivity contribution in [3.05, 3.63) is 12.4 Å². The Morgan fingerprint density at radius 2 is 1.87 bits per heavy atom. The molecule has 0 amide bonds. The van der Waals surface area contributed by atoms with E-state index in [9.17, 15) is 0 Å². The van der Waals surface area contributed by atoms with E-state index in [0.717, 1.165) is 45.4 Å². The maximum absolute atomic E-state index is 6.35. The van der Waals surface area contributed by atoms with Gasteiger partial charge in [-0.25, -0.2) is 4.99 Å². The van der Waals surface area contributed by atoms with Crippen molar-refractivity contribution < 1.29 is 4.74 Å². The average Bonchev–Trinajstić information content (AvgIpc) is 2.77. The summed E-state index contributed by atoms with van der Waals surface area (Å²) in [5.74, 6) is 0. The smallest absolute Gasteiger partial charge is 0.289 e. The second-order valence-electron chi connectivity index (χ2n) is 7.53. The maximum atomic E-state index is 6.35. The van der Waals surface area contributed by atoms with Crippen LogP contribution in [0.1, 0.15) is 60.3 Å². The third-order valence-corrected chi connectivity index (χ3v) is 4.98. The summed E-state index contributed by atoms with van der Waals surface area (Å²) in [4.78, 5) is 11.4. The molecule has 0 aliphatic heterocycles. The summed E-state index contributed by atoms with van der Waals surface area (Å²) in [7, 11) is 1.92. The molecule has 9 heteroatoms. The number of hydrogen-bond acceptors (Lipinski definition) is 8. The molecule has 0 aromatic rings. The Balaban J connectivity index is 5.22. The van der Waals surface area contributed by atoms with Gasteiger partial charge in [-0.05, 0) is 46.6 Å². The summed E-state index contributed by atoms with van der Waals surface area (Å²) in [6, 6.07) is 0.567. The van der Waals surface area contributed by atoms with Crippen LogP contribution in [0.25, 0.3) is 0 Å². The molecule has 0 saturated heterocycles. The van der Waals surface area contributed by atoms with Gasteiger partial charge in [0.15, 0.2) is 0 Å². The van der Waals surface area contributed by atoms with Gasteiger partial charge in [-0.2, -0.15) is 5.10 Å². The fourth-order valence-electron chi connectivity index (χ4n) is 3.01. The standard InChI is InChI=1S/C22H48N8O/c1-7-11-16-30(14-8-2)20(5)27-22(28(6)21(24)19-26-25-9-3)31-18-12-15-29(10-4)17-13-23/h9,13,17,20-21,26H,7-8,10-12,14-16,18-19,23-24H2,1-6H3/b17-13-,25-9+,27-22+. The van der Waals surface area contributed by atoms with Crippen LogP contribution in [0, 0.1) is 0 Å². The predicted octanol–water partition coefficient (Wildman–Crippen LogP) is 2.17. The van der Waals surface area contributed by atoms with Crippen LogP contribution in [-0.2, 0) is 4.74 Å². The SMILES string of the molecule is C/C=N/NCC(N)N(C)/C(=N\C(C)N(CCC)CCCC)OCCCN(/C=C\N)CC. The number of hydrazone groups is 1. The van der Waals surface area contributed by atoms with Gasteiger partial charge < -0.3 is 31.4 Å². The van der Waals surface area contributed by atoms with Gasteiger partial charge in [-0.1, -0.05) is 20.3 Å². The van der Waals surface area contributed by atoms with Crippen molar-refractivity contribution >= 4 is 12.2 Å². The number of nitrogens with zero attached hydrogens (tertiary/aromatic N) is 5. The quantitative estimate of drug-likeness (QED) is 0.105. The summed E-state index contributed by atoms with van der Waals surface area (Å²) >= 11 is 0. The normalized spacial score (nSPS) is 14.4. The number of hydrogen-bond donors (Lipinski definition) is 3. The molecule has 0 heterocycles. The molecular weight excluding hydrogens is 392 g/mol. The lowest BCUT2D eigenvalue weighted by Gasteiger charge is -2.31. The van der Waals surface area contributed by atoms with Gasteiger partial charge in [0.25, 0.3) is 6.02 Å². The molecule has 0 aliphatic carbocycles. The molecule has 2 atom stereocenters. The van der Waals surface area contributed by atoms with Crippen molar-refractivity contribution in [3.8, 4) is 0 Å². The molecule has 0 radical (unpaired) electrons. The van der Waals surface area contributed by atoms with E-state index in [1.807, 2.05) is 25.1 Å². The fourth-order valence-corrected chi connectivity index (χ4v) is 3.01. The number of amidine groups is 1. The van der Waals surface area contributed by atoms with Gasteiger partial charge >= 0.3 is 0 Å². The number of unbranched alkanes of at least 4 members (excludes halogenated alkanes) is 1. The van der Waals surface area contributed by atoms with Crippen molar-refractivity contribution in [2.45, 2.75) is 72.6 Å². The van der Waals surface area contributed by atoms with Gasteiger partial charge in [-0.15, -0.1) is 0 Å². The third-order valence-electron chi connectivity index (χ3n) is 4.98. The second kappa shape index (κ2) is 18.7. The monoisotopic (exact) mass is 440 g/mol. The van der Waals surface area contributed by atoms with Gasteiger partial charge in [0.1, 0.15) is 12.3 Å². The highest BCUT2D eigenvalue weighted by Crippen LogP contribution is 2.08. The van der Waals surface area contributed by atoms with Gasteiger partial charge in [0, 0.05) is 45.3 Å². The van der Waals surface area contributed by atoms with E-state index < -0.39 is 0 Å². The number of likely N-dealkylation sites (N-methyl/N-ethyl adjacent to an activating group) is 1. The van der Waals surface area contributed by atoms with Crippen LogP contribution >= 0.6 is 0 Å². The first kappa shape index (κ1) is 29.0. The molecule has 0 rings (SSSR count). The van der Waals surface area contributed by atoms with Crippen molar-refractivity contribution in [1.29, 1.82) is 0 Å². The Morgan fingerprint density at radius 1 is 1.13 bits per heavy atom. The van der Waals surface area contributed by atoms with E-state index in [1.54, 1.807) is 12.4 Å². The third kappa shape index (κ3) is 13.1. The molecule has 9 nitrogen and oxygen atoms in total. The Morgan fingerprint density at radius 3 is 2.45 bits per heavy atom. The van der Waals surface area contributed by atoms with Crippen LogP contribution in [-0.4, -0.2) is 85.6 Å². The van der Waals surface area contributed by atoms with E-state index in [2.05, 4.69) is 48.0 Å². The molecule has 0 saturated carbocycles. The summed E-state index contributed by atoms with van der Waals surface area (Å²) < 4.78 is 6.13. The minimum absolute atomic E-state index is 0.0186. The predicted molar refractivity (Wildman–Crippen MR) is 133 cm³/mol. The average molecular weight is 441 g/mol. The lowest BCUT2D eigenvalue weighted by Crippen LogP contribution is -2.50. The molecule has 0 spiro atoms. The maximum Gasteiger partial charge on any atom is 0.289 e. The molecule has 0 bridgehead atoms. The van der Waals surface area contributed by atoms with E-state index in [1.165, 1.54) is 6.42 Å². The van der Waals surface area contributed by atoms with E-state index in [0.29, 0.717) is 19.2 Å². The van der Waals surface area contributed by atoms with E-state index >= 15 is 0 Å². The van der Waals surface area contributed by atoms with Crippen molar-refractivity contribution in [2.24, 2.45) is 21.6 Å². The first-order chi connectivity index (χ1) is 14.9. The zero-order valence-electron chi connectivity index (χ0n) is 20.8. The Bertz CT molecular complexity index is 512. The molecule has 31 heavy (non-hydrogen) atoms. The number of rotatable bonds is 17. The number of ether oxygens (including phenoxy) is 1. The molecule has 0 fully saturated rings. The molecule has 2 unspecified atom stereocenters. The van der Waals surface area contributed by atoms with Crippen molar-refractivity contribution in [3.63, 3.8) is 0 Å². The molecule has 0 aliphatic rings. The molecule has 0 aromatic heterocycles. The fraction of sp³-hybridized carbons (Fsp3) is 0.818. The minimum atomic E-state index is -0.308. The van der Waals surface area contributed by atoms with Crippen LogP contribution in [0.5, 0.6) is 0 Å². The summed E-state index contributed by atoms with van der Waals surface area (Å²) in [6.07, 6.45) is 9.15. The molecule has 182 valence electrons. The van der Waals surface area contributed by atoms with Gasteiger partial charge in [0.2, 0.25) is 0 Å². The van der Waals surface area contributed by atoms with E-state index in [-0.39, 0.29) is 12.3 Å². The van der Waals surface area contributed by atoms with Gasteiger partial charge in [0.05, 0.1) is 13.2 Å². The summed E-state index contributed by atoms with van der Waals surface area (Å²) in [5.41, 5.74) is 14.8. The molecule has 0 aromatic carbocycles. The number of nitrogens with two attached hydrogens (primary N) is 2. The highest BCUT2D eigenvalue weighted by molar-refractivity contribution is 5.74. The van der Waals surface area contributed by atoms with Crippen LogP contribution in [0.3, 0.4) is 0 Å². The zero-order chi connectivity index (χ0) is 23.5. The van der Waals surface area contributed by atoms with Crippen LogP contribution in [0.15, 0.2) is 22.5 Å². The first-order valence-electron chi connectivity index (χ1n) is 11.7. The Hall–Kier alpha value is -2.00. The zero-order valence-corrected chi connectivity index (χ0v) is 20.8. The summed E-state index contributed by atoms with van der Waals surface area (Å²) in [6.45, 7) is 15.4. The number of aliphatic imine (C=N–C) groups is 1.